The van der Waals surface area contributed by atoms with Crippen LogP contribution in [0, 0.1) is 23.7 Å². The number of hydrogen-bond acceptors (Lipinski definition) is 4. The molecule has 4 fully saturated rings. The van der Waals surface area contributed by atoms with Crippen molar-refractivity contribution in [3.8, 4) is 0 Å². The molecule has 0 N–H and O–H groups in total. The van der Waals surface area contributed by atoms with E-state index in [0.29, 0.717) is 29.5 Å². The molecule has 3 aliphatic heterocycles. The number of allylic oxidation sites excluding steroid dienone is 2. The lowest BCUT2D eigenvalue weighted by molar-refractivity contribution is -0.192. The first-order chi connectivity index (χ1) is 11.8. The number of rotatable bonds is 3. The molecule has 4 bridgehead atoms. The highest BCUT2D eigenvalue weighted by Crippen LogP contribution is 2.75. The van der Waals surface area contributed by atoms with Crippen LogP contribution in [0.3, 0.4) is 0 Å². The highest BCUT2D eigenvalue weighted by atomic mass is 35.5. The Bertz CT molecular complexity index is 690. The average Bonchev–Trinajstić information content (AvgIpc) is 3.29. The number of nitrogens with zero attached hydrogens (tertiary/aromatic N) is 1. The molecule has 3 saturated heterocycles. The third-order valence-corrected chi connectivity index (χ3v) is 8.88. The topological polar surface area (TPSA) is 55.8 Å². The maximum atomic E-state index is 12.8. The van der Waals surface area contributed by atoms with E-state index in [9.17, 15) is 9.59 Å². The predicted octanol–water partition coefficient (Wildman–Crippen LogP) is 3.00. The Morgan fingerprint density at radius 3 is 2.00 bits per heavy atom. The maximum absolute atomic E-state index is 12.8. The van der Waals surface area contributed by atoms with Crippen LogP contribution < -0.4 is 0 Å². The van der Waals surface area contributed by atoms with Gasteiger partial charge in [0.25, 0.3) is 11.8 Å². The number of amides is 2. The summed E-state index contributed by atoms with van der Waals surface area (Å²) in [6.07, 6.45) is 0.0995. The van der Waals surface area contributed by atoms with Crippen LogP contribution in [0.25, 0.3) is 0 Å². The minimum atomic E-state index is -0.934. The Hall–Kier alpha value is -0.0400. The van der Waals surface area contributed by atoms with Crippen molar-refractivity contribution in [2.75, 3.05) is 6.61 Å². The fraction of sp³-hybridized carbons (Fsp3) is 0.750. The molecule has 0 aromatic heterocycles. The Morgan fingerprint density at radius 1 is 1.08 bits per heavy atom. The van der Waals surface area contributed by atoms with Gasteiger partial charge in [-0.3, -0.25) is 14.4 Å². The molecule has 0 aromatic rings. The lowest BCUT2D eigenvalue weighted by Gasteiger charge is -2.40. The molecule has 1 saturated carbocycles. The third-order valence-electron chi connectivity index (χ3n) is 6.39. The average molecular weight is 427 g/mol. The molecule has 5 nitrogen and oxygen atoms in total. The molecule has 0 aromatic carbocycles. The van der Waals surface area contributed by atoms with Gasteiger partial charge in [-0.05, 0) is 12.8 Å². The predicted molar refractivity (Wildman–Crippen MR) is 91.2 cm³/mol. The molecule has 3 heterocycles. The summed E-state index contributed by atoms with van der Waals surface area (Å²) in [5.41, 5.74) is 0. The molecule has 25 heavy (non-hydrogen) atoms. The summed E-state index contributed by atoms with van der Waals surface area (Å²) >= 11 is 26.5. The van der Waals surface area contributed by atoms with Crippen molar-refractivity contribution >= 4 is 58.2 Å². The highest BCUT2D eigenvalue weighted by molar-refractivity contribution is 6.51. The molecule has 9 heteroatoms. The summed E-state index contributed by atoms with van der Waals surface area (Å²) in [4.78, 5) is 29.0. The van der Waals surface area contributed by atoms with Crippen LogP contribution in [0.5, 0.6) is 0 Å². The number of carbonyl (C=O) groups excluding carboxylic acids is 2. The summed E-state index contributed by atoms with van der Waals surface area (Å²) in [6, 6.07) is 0. The summed E-state index contributed by atoms with van der Waals surface area (Å²) < 4.78 is 6.07. The van der Waals surface area contributed by atoms with Gasteiger partial charge in [0.15, 0.2) is 0 Å². The second kappa shape index (κ2) is 5.06. The zero-order valence-electron chi connectivity index (χ0n) is 13.2. The van der Waals surface area contributed by atoms with Gasteiger partial charge in [-0.15, -0.1) is 23.2 Å². The van der Waals surface area contributed by atoms with Gasteiger partial charge in [0.05, 0.1) is 50.5 Å². The van der Waals surface area contributed by atoms with E-state index in [2.05, 4.69) is 0 Å². The molecular weight excluding hydrogens is 412 g/mol. The largest absolute Gasteiger partial charge is 0.373 e. The van der Waals surface area contributed by atoms with E-state index in [1.807, 2.05) is 6.92 Å². The zero-order chi connectivity index (χ0) is 17.9. The summed E-state index contributed by atoms with van der Waals surface area (Å²) in [7, 11) is 0. The van der Waals surface area contributed by atoms with E-state index in [4.69, 9.17) is 56.0 Å². The quantitative estimate of drug-likeness (QED) is 0.514. The van der Waals surface area contributed by atoms with Crippen molar-refractivity contribution in [3.05, 3.63) is 10.1 Å². The highest BCUT2D eigenvalue weighted by Gasteiger charge is 2.82. The van der Waals surface area contributed by atoms with E-state index in [1.165, 1.54) is 0 Å². The first-order valence-corrected chi connectivity index (χ1v) is 9.88. The number of hydroxylamine groups is 2. The van der Waals surface area contributed by atoms with Gasteiger partial charge in [0.1, 0.15) is 0 Å². The van der Waals surface area contributed by atoms with Crippen LogP contribution >= 0.6 is 46.4 Å². The lowest BCUT2D eigenvalue weighted by Crippen LogP contribution is -2.50. The molecule has 2 aliphatic carbocycles. The van der Waals surface area contributed by atoms with E-state index < -0.39 is 33.8 Å². The van der Waals surface area contributed by atoms with Crippen molar-refractivity contribution < 1.29 is 19.2 Å². The molecule has 5 aliphatic rings. The number of alkyl halides is 2. The fourth-order valence-electron chi connectivity index (χ4n) is 5.57. The SMILES string of the molecule is CCCON1C(=O)[C@@H]2[C@H]3O[C@H]([C@H]2C1=O)[C@@H]1[C@@H]3[C@]2(Cl)C[C@]1(Cl)C(Cl)=C2Cl. The molecule has 2 amide bonds. The number of fused-ring (bicyclic) bond motifs is 12. The molecule has 0 spiro atoms. The monoisotopic (exact) mass is 425 g/mol. The van der Waals surface area contributed by atoms with E-state index in [0.717, 1.165) is 5.06 Å². The third kappa shape index (κ3) is 1.72. The van der Waals surface area contributed by atoms with Crippen LogP contribution in [0.4, 0.5) is 0 Å². The van der Waals surface area contributed by atoms with Crippen molar-refractivity contribution in [3.63, 3.8) is 0 Å². The molecule has 0 radical (unpaired) electrons. The Kier molecular flexibility index (Phi) is 3.46. The summed E-state index contributed by atoms with van der Waals surface area (Å²) in [5, 5.41) is 1.59. The Labute approximate surface area is 164 Å². The van der Waals surface area contributed by atoms with Crippen molar-refractivity contribution in [2.45, 2.75) is 41.7 Å². The van der Waals surface area contributed by atoms with Crippen LogP contribution in [-0.2, 0) is 19.2 Å². The molecular formula is C16H15Cl4NO4. The van der Waals surface area contributed by atoms with Gasteiger partial charge >= 0.3 is 0 Å². The number of halogens is 4. The van der Waals surface area contributed by atoms with Crippen molar-refractivity contribution in [2.24, 2.45) is 23.7 Å². The molecule has 8 atom stereocenters. The molecule has 5 rings (SSSR count). The van der Waals surface area contributed by atoms with E-state index in [1.54, 1.807) is 0 Å². The summed E-state index contributed by atoms with van der Waals surface area (Å²) in [6.45, 7) is 2.21. The number of imide groups is 1. The van der Waals surface area contributed by atoms with Crippen molar-refractivity contribution in [1.29, 1.82) is 0 Å². The number of ether oxygens (including phenoxy) is 1. The summed E-state index contributed by atoms with van der Waals surface area (Å²) in [5.74, 6) is -2.37. The first kappa shape index (κ1) is 17.1. The Morgan fingerprint density at radius 2 is 1.56 bits per heavy atom. The second-order valence-corrected chi connectivity index (χ2v) is 9.61. The number of carbonyl (C=O) groups is 2. The normalized spacial score (nSPS) is 52.6. The smallest absolute Gasteiger partial charge is 0.260 e. The van der Waals surface area contributed by atoms with Gasteiger partial charge in [0, 0.05) is 11.8 Å². The van der Waals surface area contributed by atoms with Crippen LogP contribution in [0.1, 0.15) is 19.8 Å². The minimum absolute atomic E-state index is 0.240. The lowest BCUT2D eigenvalue weighted by atomic mass is 9.65. The minimum Gasteiger partial charge on any atom is -0.373 e. The van der Waals surface area contributed by atoms with Gasteiger partial charge in [0.2, 0.25) is 0 Å². The first-order valence-electron chi connectivity index (χ1n) is 8.37. The van der Waals surface area contributed by atoms with Gasteiger partial charge < -0.3 is 4.74 Å². The van der Waals surface area contributed by atoms with E-state index >= 15 is 0 Å². The fourth-order valence-corrected chi connectivity index (χ4v) is 7.59. The Balaban J connectivity index is 1.56. The van der Waals surface area contributed by atoms with Crippen LogP contribution in [0.2, 0.25) is 0 Å². The standard InChI is InChI=1S/C16H15Cl4NO4/c1-2-3-24-21-13(22)5-6(14(21)23)10-8-7(9(5)25-10)15(19)4-16(8,20)12(18)11(15)17/h5-10H,2-4H2,1H3/t5-,6-,7-,8-,9+,10+,15+,16+/m0/s1. The van der Waals surface area contributed by atoms with Gasteiger partial charge in [-0.2, -0.15) is 5.06 Å². The van der Waals surface area contributed by atoms with E-state index in [-0.39, 0.29) is 23.7 Å². The van der Waals surface area contributed by atoms with Gasteiger partial charge in [-0.25, -0.2) is 0 Å². The zero-order valence-corrected chi connectivity index (χ0v) is 16.2. The number of hydrogen-bond donors (Lipinski definition) is 0. The van der Waals surface area contributed by atoms with Crippen molar-refractivity contribution in [1.82, 2.24) is 5.06 Å². The van der Waals surface area contributed by atoms with Crippen LogP contribution in [0.15, 0.2) is 10.1 Å². The molecule has 0 unspecified atom stereocenters. The van der Waals surface area contributed by atoms with Crippen LogP contribution in [-0.4, -0.2) is 45.4 Å². The van der Waals surface area contributed by atoms with Gasteiger partial charge in [-0.1, -0.05) is 30.1 Å². The maximum Gasteiger partial charge on any atom is 0.260 e. The molecule has 136 valence electrons. The second-order valence-electron chi connectivity index (χ2n) is 7.50.